The van der Waals surface area contributed by atoms with E-state index < -0.39 is 0 Å². The summed E-state index contributed by atoms with van der Waals surface area (Å²) in [5.74, 6) is 0.493. The summed E-state index contributed by atoms with van der Waals surface area (Å²) >= 11 is 0. The second-order valence-electron chi connectivity index (χ2n) is 9.08. The van der Waals surface area contributed by atoms with Crippen molar-refractivity contribution in [2.75, 3.05) is 27.2 Å². The third-order valence-corrected chi connectivity index (χ3v) is 6.39. The number of likely N-dealkylation sites (tertiary alicyclic amines) is 1. The number of allylic oxidation sites excluding steroid dienone is 2. The van der Waals surface area contributed by atoms with Crippen molar-refractivity contribution >= 4 is 23.6 Å². The number of hydrogen-bond donors (Lipinski definition) is 3. The number of fused-ring (bicyclic) bond motifs is 1. The van der Waals surface area contributed by atoms with Crippen LogP contribution in [-0.2, 0) is 13.0 Å². The second-order valence-corrected chi connectivity index (χ2v) is 9.08. The largest absolute Gasteiger partial charge is 0.341 e. The molecule has 2 aliphatic heterocycles. The van der Waals surface area contributed by atoms with Crippen LogP contribution in [-0.4, -0.2) is 76.5 Å². The standard InChI is InChI=1S/C25H31N7O2.H2/c1-16-12-17(23(27)32-10-5-8-22(32)26)6-4-7-20(16)29-24(33)21-13-19-15-31(25(34)30(2)3)11-9-18(19)14-28-21;/h4,6-7,12-14,20,26-27H,5,8-11,15H2,1-3H3,(H,29,33);1H. The van der Waals surface area contributed by atoms with Crippen LogP contribution in [0.1, 0.15) is 42.8 Å². The lowest BCUT2D eigenvalue weighted by atomic mass is 10.0. The van der Waals surface area contributed by atoms with Crippen molar-refractivity contribution in [3.05, 3.63) is 64.5 Å². The molecule has 3 heterocycles. The summed E-state index contributed by atoms with van der Waals surface area (Å²) in [5.41, 5.74) is 3.93. The molecule has 1 aromatic rings. The molecule has 4 rings (SSSR count). The van der Waals surface area contributed by atoms with Gasteiger partial charge in [-0.3, -0.25) is 20.6 Å². The van der Waals surface area contributed by atoms with E-state index >= 15 is 0 Å². The summed E-state index contributed by atoms with van der Waals surface area (Å²) in [7, 11) is 3.46. The van der Waals surface area contributed by atoms with E-state index in [9.17, 15) is 9.59 Å². The molecule has 0 spiro atoms. The molecule has 0 aromatic carbocycles. The third kappa shape index (κ3) is 4.78. The minimum absolute atomic E-state index is 0. The molecule has 0 saturated carbocycles. The van der Waals surface area contributed by atoms with E-state index in [1.54, 1.807) is 41.1 Å². The Kier molecular flexibility index (Phi) is 6.63. The molecule has 3 N–H and O–H groups in total. The summed E-state index contributed by atoms with van der Waals surface area (Å²) in [4.78, 5) is 34.8. The van der Waals surface area contributed by atoms with Gasteiger partial charge < -0.3 is 20.0 Å². The van der Waals surface area contributed by atoms with Crippen molar-refractivity contribution in [2.24, 2.45) is 0 Å². The van der Waals surface area contributed by atoms with Crippen molar-refractivity contribution in [3.8, 4) is 0 Å². The molecule has 1 aliphatic carbocycles. The molecule has 0 radical (unpaired) electrons. The summed E-state index contributed by atoms with van der Waals surface area (Å²) in [6, 6.07) is 1.39. The maximum absolute atomic E-state index is 13.0. The van der Waals surface area contributed by atoms with Crippen molar-refractivity contribution in [3.63, 3.8) is 0 Å². The van der Waals surface area contributed by atoms with Crippen LogP contribution < -0.4 is 5.32 Å². The Balaban J connectivity index is 0.00000342. The van der Waals surface area contributed by atoms with Crippen molar-refractivity contribution in [1.82, 2.24) is 25.0 Å². The van der Waals surface area contributed by atoms with Gasteiger partial charge in [-0.05, 0) is 48.6 Å². The fourth-order valence-electron chi connectivity index (χ4n) is 4.41. The first kappa shape index (κ1) is 23.4. The number of urea groups is 1. The third-order valence-electron chi connectivity index (χ3n) is 6.39. The van der Waals surface area contributed by atoms with Gasteiger partial charge in [0.25, 0.3) is 5.91 Å². The number of aromatic nitrogens is 1. The van der Waals surface area contributed by atoms with Gasteiger partial charge in [0.15, 0.2) is 0 Å². The normalized spacial score (nSPS) is 19.7. The first-order valence-electron chi connectivity index (χ1n) is 11.5. The van der Waals surface area contributed by atoms with E-state index in [4.69, 9.17) is 10.8 Å². The number of nitrogens with one attached hydrogen (secondary N) is 3. The number of carbonyl (C=O) groups is 2. The maximum atomic E-state index is 13.0. The molecule has 9 heteroatoms. The first-order chi connectivity index (χ1) is 16.2. The molecule has 34 heavy (non-hydrogen) atoms. The average Bonchev–Trinajstić information content (AvgIpc) is 3.17. The van der Waals surface area contributed by atoms with Gasteiger partial charge in [0.05, 0.1) is 6.04 Å². The zero-order valence-corrected chi connectivity index (χ0v) is 19.9. The van der Waals surface area contributed by atoms with Crippen LogP contribution in [0.3, 0.4) is 0 Å². The smallest absolute Gasteiger partial charge is 0.319 e. The molecule has 1 atom stereocenters. The van der Waals surface area contributed by atoms with Gasteiger partial charge in [0, 0.05) is 53.3 Å². The fraction of sp³-hybridized carbons (Fsp3) is 0.400. The molecule has 3 amide bonds. The molecule has 1 unspecified atom stereocenters. The van der Waals surface area contributed by atoms with Crippen molar-refractivity contribution < 1.29 is 11.0 Å². The van der Waals surface area contributed by atoms with Gasteiger partial charge >= 0.3 is 6.03 Å². The van der Waals surface area contributed by atoms with Gasteiger partial charge in [-0.2, -0.15) is 0 Å². The molecular weight excluding hydrogens is 430 g/mol. The van der Waals surface area contributed by atoms with Gasteiger partial charge in [-0.15, -0.1) is 0 Å². The molecule has 180 valence electrons. The van der Waals surface area contributed by atoms with Crippen LogP contribution in [0.4, 0.5) is 4.79 Å². The van der Waals surface area contributed by atoms with Crippen LogP contribution >= 0.6 is 0 Å². The Morgan fingerprint density at radius 2 is 2.03 bits per heavy atom. The number of carbonyl (C=O) groups excluding carboxylic acids is 2. The van der Waals surface area contributed by atoms with Crippen LogP contribution in [0.2, 0.25) is 0 Å². The van der Waals surface area contributed by atoms with Crippen LogP contribution in [0.15, 0.2) is 47.7 Å². The topological polar surface area (TPSA) is 116 Å². The van der Waals surface area contributed by atoms with Gasteiger partial charge in [0.2, 0.25) is 0 Å². The summed E-state index contributed by atoms with van der Waals surface area (Å²) in [5, 5.41) is 19.6. The molecule has 1 aromatic heterocycles. The lowest BCUT2D eigenvalue weighted by Gasteiger charge is -2.31. The second kappa shape index (κ2) is 9.62. The van der Waals surface area contributed by atoms with E-state index in [0.29, 0.717) is 49.8 Å². The lowest BCUT2D eigenvalue weighted by molar-refractivity contribution is 0.0943. The highest BCUT2D eigenvalue weighted by Gasteiger charge is 2.25. The quantitative estimate of drug-likeness (QED) is 0.472. The lowest BCUT2D eigenvalue weighted by Crippen LogP contribution is -2.42. The molecule has 3 aliphatic rings. The van der Waals surface area contributed by atoms with Crippen molar-refractivity contribution in [1.29, 1.82) is 10.8 Å². The molecule has 1 saturated heterocycles. The highest BCUT2D eigenvalue weighted by molar-refractivity contribution is 6.09. The zero-order valence-electron chi connectivity index (χ0n) is 19.9. The van der Waals surface area contributed by atoms with Crippen LogP contribution in [0.25, 0.3) is 0 Å². The predicted molar refractivity (Wildman–Crippen MR) is 133 cm³/mol. The Morgan fingerprint density at radius 3 is 2.74 bits per heavy atom. The van der Waals surface area contributed by atoms with E-state index in [2.05, 4.69) is 10.3 Å². The monoisotopic (exact) mass is 463 g/mol. The van der Waals surface area contributed by atoms with Gasteiger partial charge in [-0.25, -0.2) is 4.79 Å². The zero-order chi connectivity index (χ0) is 24.4. The maximum Gasteiger partial charge on any atom is 0.319 e. The molecule has 9 nitrogen and oxygen atoms in total. The molecular formula is C25H33N7O2. The van der Waals surface area contributed by atoms with Gasteiger partial charge in [0.1, 0.15) is 17.4 Å². The Bertz CT molecular complexity index is 1140. The minimum Gasteiger partial charge on any atom is -0.341 e. The molecule has 0 bridgehead atoms. The number of amidine groups is 2. The number of pyridine rings is 1. The van der Waals surface area contributed by atoms with E-state index in [-0.39, 0.29) is 19.4 Å². The van der Waals surface area contributed by atoms with Crippen molar-refractivity contribution in [2.45, 2.75) is 38.8 Å². The molecule has 1 fully saturated rings. The van der Waals surface area contributed by atoms with E-state index in [0.717, 1.165) is 28.7 Å². The van der Waals surface area contributed by atoms with Gasteiger partial charge in [-0.1, -0.05) is 18.2 Å². The summed E-state index contributed by atoms with van der Waals surface area (Å²) < 4.78 is 0. The fourth-order valence-corrected chi connectivity index (χ4v) is 4.41. The van der Waals surface area contributed by atoms with E-state index in [1.165, 1.54) is 0 Å². The van der Waals surface area contributed by atoms with Crippen LogP contribution in [0, 0.1) is 10.8 Å². The summed E-state index contributed by atoms with van der Waals surface area (Å²) in [6.07, 6.45) is 11.5. The summed E-state index contributed by atoms with van der Waals surface area (Å²) in [6.45, 7) is 3.70. The van der Waals surface area contributed by atoms with E-state index in [1.807, 2.05) is 31.2 Å². The average molecular weight is 464 g/mol. The number of amides is 3. The minimum atomic E-state index is -0.336. The Morgan fingerprint density at radius 1 is 1.24 bits per heavy atom. The highest BCUT2D eigenvalue weighted by Crippen LogP contribution is 2.21. The highest BCUT2D eigenvalue weighted by atomic mass is 16.2. The number of hydrogen-bond acceptors (Lipinski definition) is 5. The van der Waals surface area contributed by atoms with Crippen LogP contribution in [0.5, 0.6) is 0 Å². The number of nitrogens with zero attached hydrogens (tertiary/aromatic N) is 4. The number of rotatable bonds is 3. The predicted octanol–water partition coefficient (Wildman–Crippen LogP) is 2.96. The Labute approximate surface area is 201 Å². The SMILES string of the molecule is CC1=CC(C(=N)N2CCCC2=N)=CC=CC1NC(=O)c1cc2c(cn1)CCN(C(=O)N(C)C)C2.[HH]. The Hall–Kier alpha value is -3.75. The first-order valence-corrected chi connectivity index (χ1v) is 11.5.